The standard InChI is InChI=1S/C18H16FN3O3/c1-22-14-5-3-2-4-13(14)15(18(22)25)21-17(24)16(23)20-10-11-6-8-12(19)9-7-11/h2-9,15H,10H2,1H3,(H,20,23)(H,21,24). The number of nitrogens with zero attached hydrogens (tertiary/aromatic N) is 1. The lowest BCUT2D eigenvalue weighted by atomic mass is 10.1. The molecule has 2 aromatic carbocycles. The first-order valence-electron chi connectivity index (χ1n) is 7.67. The molecule has 0 saturated heterocycles. The normalized spacial score (nSPS) is 15.7. The van der Waals surface area contributed by atoms with Crippen molar-refractivity contribution in [1.82, 2.24) is 10.6 Å². The van der Waals surface area contributed by atoms with Gasteiger partial charge in [0.15, 0.2) is 0 Å². The van der Waals surface area contributed by atoms with E-state index in [1.165, 1.54) is 29.2 Å². The smallest absolute Gasteiger partial charge is 0.310 e. The molecular weight excluding hydrogens is 325 g/mol. The van der Waals surface area contributed by atoms with E-state index >= 15 is 0 Å². The summed E-state index contributed by atoms with van der Waals surface area (Å²) in [5, 5.41) is 4.90. The van der Waals surface area contributed by atoms with Gasteiger partial charge < -0.3 is 15.5 Å². The second kappa shape index (κ2) is 6.72. The Hall–Kier alpha value is -3.22. The zero-order chi connectivity index (χ0) is 18.0. The van der Waals surface area contributed by atoms with Crippen LogP contribution >= 0.6 is 0 Å². The average molecular weight is 341 g/mol. The van der Waals surface area contributed by atoms with Crippen molar-refractivity contribution >= 4 is 23.4 Å². The second-order valence-corrected chi connectivity index (χ2v) is 5.67. The number of likely N-dealkylation sites (N-methyl/N-ethyl adjacent to an activating group) is 1. The van der Waals surface area contributed by atoms with E-state index in [0.29, 0.717) is 16.8 Å². The number of halogens is 1. The number of fused-ring (bicyclic) bond motifs is 1. The molecule has 1 heterocycles. The van der Waals surface area contributed by atoms with Gasteiger partial charge in [-0.05, 0) is 23.8 Å². The van der Waals surface area contributed by atoms with Crippen molar-refractivity contribution in [2.45, 2.75) is 12.6 Å². The van der Waals surface area contributed by atoms with Crippen LogP contribution in [0.2, 0.25) is 0 Å². The topological polar surface area (TPSA) is 78.5 Å². The van der Waals surface area contributed by atoms with Crippen LogP contribution in [-0.4, -0.2) is 24.8 Å². The van der Waals surface area contributed by atoms with Crippen molar-refractivity contribution in [3.05, 3.63) is 65.5 Å². The summed E-state index contributed by atoms with van der Waals surface area (Å²) in [7, 11) is 1.61. The molecule has 2 aromatic rings. The van der Waals surface area contributed by atoms with Crippen LogP contribution in [-0.2, 0) is 20.9 Å². The number of carbonyl (C=O) groups excluding carboxylic acids is 3. The van der Waals surface area contributed by atoms with Gasteiger partial charge in [0.1, 0.15) is 11.9 Å². The SMILES string of the molecule is CN1C(=O)C(NC(=O)C(=O)NCc2ccc(F)cc2)c2ccccc21. The summed E-state index contributed by atoms with van der Waals surface area (Å²) in [6.45, 7) is 0.0850. The predicted octanol–water partition coefficient (Wildman–Crippen LogP) is 1.28. The van der Waals surface area contributed by atoms with Crippen LogP contribution in [0.25, 0.3) is 0 Å². The number of amides is 3. The van der Waals surface area contributed by atoms with Crippen LogP contribution in [0.15, 0.2) is 48.5 Å². The number of anilines is 1. The van der Waals surface area contributed by atoms with E-state index in [-0.39, 0.29) is 18.3 Å². The third-order valence-electron chi connectivity index (χ3n) is 4.03. The Morgan fingerprint density at radius 3 is 2.48 bits per heavy atom. The number of hydrogen-bond donors (Lipinski definition) is 2. The van der Waals surface area contributed by atoms with Crippen molar-refractivity contribution in [3.8, 4) is 0 Å². The van der Waals surface area contributed by atoms with E-state index in [4.69, 9.17) is 0 Å². The van der Waals surface area contributed by atoms with Gasteiger partial charge in [-0.2, -0.15) is 0 Å². The highest BCUT2D eigenvalue weighted by molar-refractivity contribution is 6.35. The van der Waals surface area contributed by atoms with E-state index in [1.54, 1.807) is 31.3 Å². The van der Waals surface area contributed by atoms with Crippen molar-refractivity contribution in [2.75, 3.05) is 11.9 Å². The molecule has 3 rings (SSSR count). The minimum Gasteiger partial charge on any atom is -0.344 e. The minimum atomic E-state index is -0.898. The number of nitrogens with one attached hydrogen (secondary N) is 2. The number of hydrogen-bond acceptors (Lipinski definition) is 3. The lowest BCUT2D eigenvalue weighted by Gasteiger charge is -2.13. The molecule has 1 aliphatic rings. The van der Waals surface area contributed by atoms with Crippen LogP contribution < -0.4 is 15.5 Å². The van der Waals surface area contributed by atoms with Gasteiger partial charge in [0, 0.05) is 24.8 Å². The average Bonchev–Trinajstić information content (AvgIpc) is 2.86. The maximum absolute atomic E-state index is 12.8. The molecule has 0 fully saturated rings. The van der Waals surface area contributed by atoms with Crippen LogP contribution in [0.4, 0.5) is 10.1 Å². The third-order valence-corrected chi connectivity index (χ3v) is 4.03. The zero-order valence-electron chi connectivity index (χ0n) is 13.5. The molecule has 0 spiro atoms. The summed E-state index contributed by atoms with van der Waals surface area (Å²) in [5.41, 5.74) is 2.00. The quantitative estimate of drug-likeness (QED) is 0.826. The fourth-order valence-corrected chi connectivity index (χ4v) is 2.68. The molecule has 128 valence electrons. The fraction of sp³-hybridized carbons (Fsp3) is 0.167. The van der Waals surface area contributed by atoms with Crippen molar-refractivity contribution < 1.29 is 18.8 Å². The van der Waals surface area contributed by atoms with Gasteiger partial charge in [0.2, 0.25) is 0 Å². The summed E-state index contributed by atoms with van der Waals surface area (Å²) >= 11 is 0. The first-order chi connectivity index (χ1) is 12.0. The molecule has 1 atom stereocenters. The van der Waals surface area contributed by atoms with Crippen molar-refractivity contribution in [3.63, 3.8) is 0 Å². The van der Waals surface area contributed by atoms with Crippen LogP contribution in [0.3, 0.4) is 0 Å². The summed E-state index contributed by atoms with van der Waals surface area (Å²) in [6.07, 6.45) is 0. The lowest BCUT2D eigenvalue weighted by Crippen LogP contribution is -2.43. The van der Waals surface area contributed by atoms with E-state index in [0.717, 1.165) is 0 Å². The Balaban J connectivity index is 1.63. The first kappa shape index (κ1) is 16.6. The second-order valence-electron chi connectivity index (χ2n) is 5.67. The molecule has 25 heavy (non-hydrogen) atoms. The van der Waals surface area contributed by atoms with Crippen molar-refractivity contribution in [2.24, 2.45) is 0 Å². The number of rotatable bonds is 3. The molecule has 1 unspecified atom stereocenters. The Bertz CT molecular complexity index is 836. The van der Waals surface area contributed by atoms with Crippen LogP contribution in [0, 0.1) is 5.82 Å². The molecule has 0 bridgehead atoms. The highest BCUT2D eigenvalue weighted by Crippen LogP contribution is 2.34. The molecule has 0 saturated carbocycles. The van der Waals surface area contributed by atoms with Gasteiger partial charge in [-0.3, -0.25) is 14.4 Å². The summed E-state index contributed by atoms with van der Waals surface area (Å²) in [5.74, 6) is -2.44. The molecule has 6 nitrogen and oxygen atoms in total. The van der Waals surface area contributed by atoms with Gasteiger partial charge in [-0.25, -0.2) is 4.39 Å². The fourth-order valence-electron chi connectivity index (χ4n) is 2.68. The molecule has 3 amide bonds. The van der Waals surface area contributed by atoms with E-state index in [2.05, 4.69) is 10.6 Å². The monoisotopic (exact) mass is 341 g/mol. The highest BCUT2D eigenvalue weighted by atomic mass is 19.1. The molecule has 0 aliphatic carbocycles. The first-order valence-corrected chi connectivity index (χ1v) is 7.67. The van der Waals surface area contributed by atoms with Gasteiger partial charge in [0.05, 0.1) is 0 Å². The van der Waals surface area contributed by atoms with Gasteiger partial charge in [-0.1, -0.05) is 30.3 Å². The minimum absolute atomic E-state index is 0.0850. The molecule has 1 aliphatic heterocycles. The van der Waals surface area contributed by atoms with Gasteiger partial charge >= 0.3 is 11.8 Å². The third kappa shape index (κ3) is 3.35. The van der Waals surface area contributed by atoms with Crippen molar-refractivity contribution in [1.29, 1.82) is 0 Å². The van der Waals surface area contributed by atoms with E-state index in [9.17, 15) is 18.8 Å². The number of para-hydroxylation sites is 1. The molecule has 0 aromatic heterocycles. The Morgan fingerprint density at radius 1 is 1.08 bits per heavy atom. The lowest BCUT2D eigenvalue weighted by molar-refractivity contribution is -0.140. The van der Waals surface area contributed by atoms with E-state index in [1.807, 2.05) is 0 Å². The summed E-state index contributed by atoms with van der Waals surface area (Å²) in [6, 6.07) is 11.7. The largest absolute Gasteiger partial charge is 0.344 e. The van der Waals surface area contributed by atoms with Crippen LogP contribution in [0.5, 0.6) is 0 Å². The van der Waals surface area contributed by atoms with Gasteiger partial charge in [0.25, 0.3) is 5.91 Å². The van der Waals surface area contributed by atoms with E-state index < -0.39 is 17.9 Å². The molecular formula is C18H16FN3O3. The maximum atomic E-state index is 12.8. The predicted molar refractivity (Wildman–Crippen MR) is 89.0 cm³/mol. The molecule has 7 heteroatoms. The number of benzene rings is 2. The Kier molecular flexibility index (Phi) is 4.47. The highest BCUT2D eigenvalue weighted by Gasteiger charge is 2.36. The van der Waals surface area contributed by atoms with Gasteiger partial charge in [-0.15, -0.1) is 0 Å². The summed E-state index contributed by atoms with van der Waals surface area (Å²) < 4.78 is 12.8. The zero-order valence-corrected chi connectivity index (χ0v) is 13.5. The molecule has 2 N–H and O–H groups in total. The number of carbonyl (C=O) groups is 3. The molecule has 0 radical (unpaired) electrons. The van der Waals surface area contributed by atoms with Crippen LogP contribution in [0.1, 0.15) is 17.2 Å². The Morgan fingerprint density at radius 2 is 1.76 bits per heavy atom. The maximum Gasteiger partial charge on any atom is 0.310 e. The Labute approximate surface area is 143 Å². The summed E-state index contributed by atoms with van der Waals surface area (Å²) in [4.78, 5) is 37.7.